The molecule has 1 aliphatic rings. The summed E-state index contributed by atoms with van der Waals surface area (Å²) in [6, 6.07) is 0. The van der Waals surface area contributed by atoms with Crippen molar-refractivity contribution in [2.45, 2.75) is 24.5 Å². The Kier molecular flexibility index (Phi) is 1.97. The Hall–Kier alpha value is -0.870. The summed E-state index contributed by atoms with van der Waals surface area (Å²) in [7, 11) is 0. The van der Waals surface area contributed by atoms with Crippen LogP contribution in [0.4, 0.5) is 0 Å². The zero-order valence-electron chi connectivity index (χ0n) is 5.90. The standard InChI is InChI=1S/C7H10O4/c8-5-1-2-7(11,3-5)4-6(9)10/h1-2,5,8,11H,3-4H2,(H,9,10). The third-order valence-corrected chi connectivity index (χ3v) is 1.65. The van der Waals surface area contributed by atoms with Gasteiger partial charge in [-0.1, -0.05) is 12.2 Å². The summed E-state index contributed by atoms with van der Waals surface area (Å²) in [5.74, 6) is -1.06. The van der Waals surface area contributed by atoms with Gasteiger partial charge in [-0.3, -0.25) is 4.79 Å². The molecule has 0 radical (unpaired) electrons. The summed E-state index contributed by atoms with van der Waals surface area (Å²) in [6.45, 7) is 0. The van der Waals surface area contributed by atoms with Crippen molar-refractivity contribution >= 4 is 5.97 Å². The van der Waals surface area contributed by atoms with Gasteiger partial charge in [0.25, 0.3) is 0 Å². The Bertz CT molecular complexity index is 199. The lowest BCUT2D eigenvalue weighted by Crippen LogP contribution is -2.28. The highest BCUT2D eigenvalue weighted by Gasteiger charge is 2.33. The van der Waals surface area contributed by atoms with Crippen LogP contribution in [0.3, 0.4) is 0 Å². The molecule has 1 rings (SSSR count). The summed E-state index contributed by atoms with van der Waals surface area (Å²) in [5.41, 5.74) is -1.34. The first kappa shape index (κ1) is 8.23. The molecule has 0 saturated heterocycles. The zero-order valence-corrected chi connectivity index (χ0v) is 5.90. The largest absolute Gasteiger partial charge is 0.481 e. The molecular weight excluding hydrogens is 148 g/mol. The molecule has 0 aromatic heterocycles. The predicted molar refractivity (Wildman–Crippen MR) is 37.0 cm³/mol. The van der Waals surface area contributed by atoms with Crippen molar-refractivity contribution in [1.82, 2.24) is 0 Å². The fraction of sp³-hybridized carbons (Fsp3) is 0.571. The highest BCUT2D eigenvalue weighted by molar-refractivity contribution is 5.68. The molecule has 0 spiro atoms. The van der Waals surface area contributed by atoms with Crippen LogP contribution >= 0.6 is 0 Å². The van der Waals surface area contributed by atoms with Crippen LogP contribution in [-0.4, -0.2) is 33.0 Å². The van der Waals surface area contributed by atoms with Gasteiger partial charge in [-0.25, -0.2) is 0 Å². The van der Waals surface area contributed by atoms with Crippen LogP contribution in [0.15, 0.2) is 12.2 Å². The Morgan fingerprint density at radius 1 is 1.73 bits per heavy atom. The molecule has 0 aromatic rings. The molecular formula is C7H10O4. The van der Waals surface area contributed by atoms with E-state index in [9.17, 15) is 9.90 Å². The van der Waals surface area contributed by atoms with Crippen LogP contribution in [-0.2, 0) is 4.79 Å². The molecule has 4 heteroatoms. The Labute approximate surface area is 63.8 Å². The Balaban J connectivity index is 2.56. The van der Waals surface area contributed by atoms with Crippen LogP contribution < -0.4 is 0 Å². The molecule has 11 heavy (non-hydrogen) atoms. The van der Waals surface area contributed by atoms with Crippen molar-refractivity contribution in [3.8, 4) is 0 Å². The third-order valence-electron chi connectivity index (χ3n) is 1.65. The Morgan fingerprint density at radius 2 is 2.36 bits per heavy atom. The van der Waals surface area contributed by atoms with E-state index in [-0.39, 0.29) is 12.8 Å². The summed E-state index contributed by atoms with van der Waals surface area (Å²) in [6.07, 6.45) is 1.77. The van der Waals surface area contributed by atoms with Crippen molar-refractivity contribution in [2.75, 3.05) is 0 Å². The van der Waals surface area contributed by atoms with E-state index in [2.05, 4.69) is 0 Å². The number of hydrogen-bond donors (Lipinski definition) is 3. The topological polar surface area (TPSA) is 77.8 Å². The van der Waals surface area contributed by atoms with Gasteiger partial charge in [0.15, 0.2) is 0 Å². The molecule has 0 aromatic carbocycles. The molecule has 0 amide bonds. The van der Waals surface area contributed by atoms with Crippen LogP contribution in [0.2, 0.25) is 0 Å². The highest BCUT2D eigenvalue weighted by atomic mass is 16.4. The predicted octanol–water partition coefficient (Wildman–Crippen LogP) is -0.487. The van der Waals surface area contributed by atoms with Gasteiger partial charge in [-0.05, 0) is 0 Å². The molecule has 0 heterocycles. The normalized spacial score (nSPS) is 36.0. The molecule has 2 atom stereocenters. The van der Waals surface area contributed by atoms with E-state index in [1.165, 1.54) is 12.2 Å². The maximum absolute atomic E-state index is 10.2. The van der Waals surface area contributed by atoms with Gasteiger partial charge in [0.1, 0.15) is 0 Å². The first-order valence-electron chi connectivity index (χ1n) is 3.33. The van der Waals surface area contributed by atoms with Gasteiger partial charge in [0.2, 0.25) is 0 Å². The number of aliphatic carboxylic acids is 1. The zero-order chi connectivity index (χ0) is 8.48. The van der Waals surface area contributed by atoms with Crippen LogP contribution in [0.5, 0.6) is 0 Å². The van der Waals surface area contributed by atoms with Crippen molar-refractivity contribution in [3.05, 3.63) is 12.2 Å². The second-order valence-corrected chi connectivity index (χ2v) is 2.80. The Morgan fingerprint density at radius 3 is 2.73 bits per heavy atom. The van der Waals surface area contributed by atoms with Gasteiger partial charge in [-0.15, -0.1) is 0 Å². The number of carbonyl (C=O) groups is 1. The maximum atomic E-state index is 10.2. The van der Waals surface area contributed by atoms with Gasteiger partial charge in [0, 0.05) is 6.42 Å². The molecule has 0 fully saturated rings. The lowest BCUT2D eigenvalue weighted by atomic mass is 9.99. The highest BCUT2D eigenvalue weighted by Crippen LogP contribution is 2.25. The van der Waals surface area contributed by atoms with Crippen molar-refractivity contribution < 1.29 is 20.1 Å². The molecule has 2 unspecified atom stereocenters. The number of rotatable bonds is 2. The SMILES string of the molecule is O=C(O)CC1(O)C=CC(O)C1. The smallest absolute Gasteiger partial charge is 0.306 e. The second-order valence-electron chi connectivity index (χ2n) is 2.80. The molecule has 4 nitrogen and oxygen atoms in total. The molecule has 1 aliphatic carbocycles. The fourth-order valence-corrected chi connectivity index (χ4v) is 1.18. The first-order chi connectivity index (χ1) is 5.02. The van der Waals surface area contributed by atoms with E-state index >= 15 is 0 Å². The van der Waals surface area contributed by atoms with Gasteiger partial charge in [-0.2, -0.15) is 0 Å². The monoisotopic (exact) mass is 158 g/mol. The average molecular weight is 158 g/mol. The summed E-state index contributed by atoms with van der Waals surface area (Å²) in [5, 5.41) is 26.7. The minimum atomic E-state index is -1.34. The number of carboxylic acid groups (broad SMARTS) is 1. The maximum Gasteiger partial charge on any atom is 0.306 e. The summed E-state index contributed by atoms with van der Waals surface area (Å²) >= 11 is 0. The average Bonchev–Trinajstić information content (AvgIpc) is 2.08. The summed E-state index contributed by atoms with van der Waals surface area (Å²) in [4.78, 5) is 10.2. The number of aliphatic hydroxyl groups is 2. The minimum Gasteiger partial charge on any atom is -0.481 e. The van der Waals surface area contributed by atoms with E-state index in [0.717, 1.165) is 0 Å². The van der Waals surface area contributed by atoms with Crippen LogP contribution in [0.1, 0.15) is 12.8 Å². The summed E-state index contributed by atoms with van der Waals surface area (Å²) < 4.78 is 0. The molecule has 0 saturated carbocycles. The van der Waals surface area contributed by atoms with E-state index in [4.69, 9.17) is 10.2 Å². The molecule has 0 bridgehead atoms. The molecule has 0 aliphatic heterocycles. The fourth-order valence-electron chi connectivity index (χ4n) is 1.18. The van der Waals surface area contributed by atoms with Gasteiger partial charge >= 0.3 is 5.97 Å². The van der Waals surface area contributed by atoms with Gasteiger partial charge in [0.05, 0.1) is 18.1 Å². The van der Waals surface area contributed by atoms with Crippen LogP contribution in [0.25, 0.3) is 0 Å². The number of carboxylic acids is 1. The van der Waals surface area contributed by atoms with E-state index in [0.29, 0.717) is 0 Å². The molecule has 3 N–H and O–H groups in total. The van der Waals surface area contributed by atoms with Gasteiger partial charge < -0.3 is 15.3 Å². The quantitative estimate of drug-likeness (QED) is 0.474. The van der Waals surface area contributed by atoms with Crippen molar-refractivity contribution in [3.63, 3.8) is 0 Å². The third kappa shape index (κ3) is 2.03. The first-order valence-corrected chi connectivity index (χ1v) is 3.33. The molecule has 62 valence electrons. The minimum absolute atomic E-state index is 0.0826. The lowest BCUT2D eigenvalue weighted by Gasteiger charge is -2.17. The van der Waals surface area contributed by atoms with E-state index in [1.807, 2.05) is 0 Å². The van der Waals surface area contributed by atoms with E-state index in [1.54, 1.807) is 0 Å². The van der Waals surface area contributed by atoms with Crippen LogP contribution in [0, 0.1) is 0 Å². The second kappa shape index (κ2) is 2.64. The number of hydrogen-bond acceptors (Lipinski definition) is 3. The van der Waals surface area contributed by atoms with Crippen molar-refractivity contribution in [1.29, 1.82) is 0 Å². The van der Waals surface area contributed by atoms with Crippen molar-refractivity contribution in [2.24, 2.45) is 0 Å². The number of aliphatic hydroxyl groups excluding tert-OH is 1. The lowest BCUT2D eigenvalue weighted by molar-refractivity contribution is -0.141. The van der Waals surface area contributed by atoms with E-state index < -0.39 is 17.7 Å².